The molecule has 2 aliphatic carbocycles. The van der Waals surface area contributed by atoms with Crippen molar-refractivity contribution >= 4 is 0 Å². The third-order valence-electron chi connectivity index (χ3n) is 5.08. The molecule has 0 spiro atoms. The van der Waals surface area contributed by atoms with E-state index in [-0.39, 0.29) is 6.04 Å². The van der Waals surface area contributed by atoms with Gasteiger partial charge >= 0.3 is 0 Å². The van der Waals surface area contributed by atoms with Gasteiger partial charge in [-0.2, -0.15) is 0 Å². The highest BCUT2D eigenvalue weighted by atomic mass is 15.0. The van der Waals surface area contributed by atoms with Crippen LogP contribution >= 0.6 is 0 Å². The second kappa shape index (κ2) is 5.64. The van der Waals surface area contributed by atoms with Crippen LogP contribution in [0.5, 0.6) is 0 Å². The molecule has 0 heterocycles. The van der Waals surface area contributed by atoms with Crippen LogP contribution in [0.3, 0.4) is 0 Å². The van der Waals surface area contributed by atoms with Crippen LogP contribution in [-0.2, 0) is 0 Å². The Morgan fingerprint density at radius 2 is 1.79 bits per heavy atom. The fourth-order valence-electron chi connectivity index (χ4n) is 3.92. The van der Waals surface area contributed by atoms with E-state index in [4.69, 9.17) is 5.73 Å². The van der Waals surface area contributed by atoms with Crippen molar-refractivity contribution in [1.29, 1.82) is 0 Å². The summed E-state index contributed by atoms with van der Waals surface area (Å²) in [5, 5.41) is 3.86. The summed E-state index contributed by atoms with van der Waals surface area (Å²) in [6.07, 6.45) is 8.11. The van der Waals surface area contributed by atoms with Crippen molar-refractivity contribution in [1.82, 2.24) is 5.32 Å². The second-order valence-electron chi connectivity index (χ2n) is 6.38. The van der Waals surface area contributed by atoms with Crippen molar-refractivity contribution < 1.29 is 0 Å². The van der Waals surface area contributed by atoms with Gasteiger partial charge in [0, 0.05) is 18.1 Å². The molecular formula is C17H26N2. The average Bonchev–Trinajstić information content (AvgIpc) is 2.77. The minimum atomic E-state index is 0.215. The first-order chi connectivity index (χ1) is 9.25. The molecule has 3 atom stereocenters. The number of fused-ring (bicyclic) bond motifs is 1. The van der Waals surface area contributed by atoms with E-state index in [9.17, 15) is 0 Å². The first-order valence-electron chi connectivity index (χ1n) is 7.86. The molecule has 0 aromatic heterocycles. The molecule has 2 aliphatic rings. The normalized spacial score (nSPS) is 29.2. The summed E-state index contributed by atoms with van der Waals surface area (Å²) in [6, 6.07) is 9.96. The highest BCUT2D eigenvalue weighted by Gasteiger charge is 2.30. The largest absolute Gasteiger partial charge is 0.324 e. The van der Waals surface area contributed by atoms with Crippen LogP contribution in [0.15, 0.2) is 24.3 Å². The molecule has 104 valence electrons. The minimum absolute atomic E-state index is 0.215. The summed E-state index contributed by atoms with van der Waals surface area (Å²) in [7, 11) is 0. The van der Waals surface area contributed by atoms with E-state index < -0.39 is 0 Å². The molecule has 1 aromatic carbocycles. The molecule has 19 heavy (non-hydrogen) atoms. The molecule has 0 radical (unpaired) electrons. The van der Waals surface area contributed by atoms with Crippen molar-refractivity contribution in [2.24, 2.45) is 11.7 Å². The molecule has 2 heteroatoms. The zero-order valence-electron chi connectivity index (χ0n) is 11.9. The van der Waals surface area contributed by atoms with Gasteiger partial charge in [-0.1, -0.05) is 43.5 Å². The molecule has 3 N–H and O–H groups in total. The first kappa shape index (κ1) is 13.1. The fraction of sp³-hybridized carbons (Fsp3) is 0.647. The van der Waals surface area contributed by atoms with E-state index in [1.807, 2.05) is 0 Å². The summed E-state index contributed by atoms with van der Waals surface area (Å²) in [5.74, 6) is 0.859. The van der Waals surface area contributed by atoms with Crippen molar-refractivity contribution in [2.45, 2.75) is 63.6 Å². The Labute approximate surface area is 116 Å². The summed E-state index contributed by atoms with van der Waals surface area (Å²) in [6.45, 7) is 2.36. The van der Waals surface area contributed by atoms with Gasteiger partial charge in [0.25, 0.3) is 0 Å². The molecule has 2 nitrogen and oxygen atoms in total. The van der Waals surface area contributed by atoms with Crippen molar-refractivity contribution in [3.63, 3.8) is 0 Å². The number of hydrogen-bond donors (Lipinski definition) is 2. The third-order valence-corrected chi connectivity index (χ3v) is 5.08. The zero-order chi connectivity index (χ0) is 13.2. The Balaban J connectivity index is 1.67. The summed E-state index contributed by atoms with van der Waals surface area (Å²) in [4.78, 5) is 0. The maximum Gasteiger partial charge on any atom is 0.0344 e. The smallest absolute Gasteiger partial charge is 0.0344 e. The van der Waals surface area contributed by atoms with E-state index in [2.05, 4.69) is 36.5 Å². The van der Waals surface area contributed by atoms with Gasteiger partial charge in [0.2, 0.25) is 0 Å². The Kier molecular flexibility index (Phi) is 3.90. The van der Waals surface area contributed by atoms with Crippen LogP contribution in [0.2, 0.25) is 0 Å². The lowest BCUT2D eigenvalue weighted by atomic mass is 9.84. The average molecular weight is 258 g/mol. The second-order valence-corrected chi connectivity index (χ2v) is 6.38. The monoisotopic (exact) mass is 258 g/mol. The molecule has 2 unspecified atom stereocenters. The molecular weight excluding hydrogens is 232 g/mol. The number of rotatable bonds is 3. The van der Waals surface area contributed by atoms with Crippen LogP contribution in [0.25, 0.3) is 0 Å². The molecule has 0 aliphatic heterocycles. The lowest BCUT2D eigenvalue weighted by Crippen LogP contribution is -2.36. The predicted molar refractivity (Wildman–Crippen MR) is 79.9 cm³/mol. The summed E-state index contributed by atoms with van der Waals surface area (Å²) in [5.41, 5.74) is 9.02. The Morgan fingerprint density at radius 1 is 1.11 bits per heavy atom. The number of nitrogens with two attached hydrogens (primary N) is 1. The van der Waals surface area contributed by atoms with Gasteiger partial charge in [0.1, 0.15) is 0 Å². The molecule has 0 bridgehead atoms. The standard InChI is InChI=1S/C17H26N2/c1-12(13-7-3-2-4-8-13)19-17-11-16(18)14-9-5-6-10-15(14)17/h5-6,9-10,12-13,16-17,19H,2-4,7-8,11,18H2,1H3/t12-,16?,17?/m0/s1. The molecule has 1 aromatic rings. The number of nitrogens with one attached hydrogen (secondary N) is 1. The molecule has 0 saturated heterocycles. The van der Waals surface area contributed by atoms with E-state index >= 15 is 0 Å². The lowest BCUT2D eigenvalue weighted by Gasteiger charge is -2.31. The molecule has 1 fully saturated rings. The Bertz CT molecular complexity index is 423. The number of benzene rings is 1. The first-order valence-corrected chi connectivity index (χ1v) is 7.86. The topological polar surface area (TPSA) is 38.0 Å². The fourth-order valence-corrected chi connectivity index (χ4v) is 3.92. The SMILES string of the molecule is C[C@H](NC1CC(N)c2ccccc21)C1CCCCC1. The summed E-state index contributed by atoms with van der Waals surface area (Å²) < 4.78 is 0. The van der Waals surface area contributed by atoms with E-state index in [1.54, 1.807) is 0 Å². The highest BCUT2D eigenvalue weighted by molar-refractivity contribution is 5.37. The molecule has 1 saturated carbocycles. The van der Waals surface area contributed by atoms with Gasteiger partial charge < -0.3 is 11.1 Å². The van der Waals surface area contributed by atoms with Gasteiger partial charge in [-0.05, 0) is 43.2 Å². The van der Waals surface area contributed by atoms with Gasteiger partial charge in [-0.3, -0.25) is 0 Å². The van der Waals surface area contributed by atoms with Crippen molar-refractivity contribution in [3.8, 4) is 0 Å². The predicted octanol–water partition coefficient (Wildman–Crippen LogP) is 3.69. The Morgan fingerprint density at radius 3 is 2.53 bits per heavy atom. The van der Waals surface area contributed by atoms with Gasteiger partial charge in [0.15, 0.2) is 0 Å². The van der Waals surface area contributed by atoms with E-state index in [1.165, 1.54) is 43.2 Å². The lowest BCUT2D eigenvalue weighted by molar-refractivity contribution is 0.262. The number of hydrogen-bond acceptors (Lipinski definition) is 2. The van der Waals surface area contributed by atoms with E-state index in [0.29, 0.717) is 12.1 Å². The highest BCUT2D eigenvalue weighted by Crippen LogP contribution is 2.38. The van der Waals surface area contributed by atoms with E-state index in [0.717, 1.165) is 12.3 Å². The maximum absolute atomic E-state index is 6.25. The minimum Gasteiger partial charge on any atom is -0.324 e. The molecule has 0 amide bonds. The van der Waals surface area contributed by atoms with Crippen molar-refractivity contribution in [3.05, 3.63) is 35.4 Å². The third kappa shape index (κ3) is 2.70. The van der Waals surface area contributed by atoms with Crippen LogP contribution in [0.4, 0.5) is 0 Å². The zero-order valence-corrected chi connectivity index (χ0v) is 11.9. The van der Waals surface area contributed by atoms with Gasteiger partial charge in [-0.15, -0.1) is 0 Å². The summed E-state index contributed by atoms with van der Waals surface area (Å²) >= 11 is 0. The van der Waals surface area contributed by atoms with Crippen LogP contribution in [-0.4, -0.2) is 6.04 Å². The van der Waals surface area contributed by atoms with Crippen LogP contribution < -0.4 is 11.1 Å². The molecule has 3 rings (SSSR count). The van der Waals surface area contributed by atoms with Gasteiger partial charge in [0.05, 0.1) is 0 Å². The van der Waals surface area contributed by atoms with Gasteiger partial charge in [-0.25, -0.2) is 0 Å². The quantitative estimate of drug-likeness (QED) is 0.867. The Hall–Kier alpha value is -0.860. The van der Waals surface area contributed by atoms with Crippen LogP contribution in [0, 0.1) is 5.92 Å². The maximum atomic E-state index is 6.25. The van der Waals surface area contributed by atoms with Crippen LogP contribution in [0.1, 0.15) is 68.7 Å². The van der Waals surface area contributed by atoms with Crippen molar-refractivity contribution in [2.75, 3.05) is 0 Å².